The van der Waals surface area contributed by atoms with Gasteiger partial charge >= 0.3 is 0 Å². The fourth-order valence-corrected chi connectivity index (χ4v) is 5.08. The summed E-state index contributed by atoms with van der Waals surface area (Å²) in [5.74, 6) is -0.232. The van der Waals surface area contributed by atoms with Crippen molar-refractivity contribution in [3.05, 3.63) is 30.0 Å². The number of carbonyl (C=O) groups is 3. The van der Waals surface area contributed by atoms with Crippen LogP contribution in [0.1, 0.15) is 75.2 Å². The van der Waals surface area contributed by atoms with Gasteiger partial charge in [0, 0.05) is 35.6 Å². The van der Waals surface area contributed by atoms with Crippen molar-refractivity contribution in [1.29, 1.82) is 5.26 Å². The van der Waals surface area contributed by atoms with E-state index in [4.69, 9.17) is 4.74 Å². The number of nitrogens with zero attached hydrogens (tertiary/aromatic N) is 1. The number of Topliss-reactive ketones (excluding diaryl/α,β-unsaturated/α-hetero) is 2. The van der Waals surface area contributed by atoms with Gasteiger partial charge in [-0.1, -0.05) is 19.4 Å². The average molecular weight is 464 g/mol. The third-order valence-corrected chi connectivity index (χ3v) is 7.46. The molecular formula is C27H33N3O4. The molecule has 2 aliphatic carbocycles. The molecular weight excluding hydrogens is 430 g/mol. The van der Waals surface area contributed by atoms with Crippen molar-refractivity contribution in [2.45, 2.75) is 70.8 Å². The molecule has 34 heavy (non-hydrogen) atoms. The van der Waals surface area contributed by atoms with Crippen LogP contribution in [-0.4, -0.2) is 35.6 Å². The van der Waals surface area contributed by atoms with Crippen molar-refractivity contribution < 1.29 is 19.1 Å². The van der Waals surface area contributed by atoms with Crippen molar-refractivity contribution >= 4 is 28.4 Å². The predicted octanol–water partition coefficient (Wildman–Crippen LogP) is 4.71. The number of aromatic nitrogens is 1. The first-order valence-electron chi connectivity index (χ1n) is 12.2. The number of fused-ring (bicyclic) bond motifs is 1. The highest BCUT2D eigenvalue weighted by molar-refractivity contribution is 6.02. The monoisotopic (exact) mass is 463 g/mol. The molecule has 0 radical (unpaired) electrons. The number of rotatable bonds is 10. The predicted molar refractivity (Wildman–Crippen MR) is 128 cm³/mol. The molecule has 180 valence electrons. The molecule has 0 spiro atoms. The van der Waals surface area contributed by atoms with E-state index in [2.05, 4.69) is 23.3 Å². The molecule has 0 aliphatic heterocycles. The minimum absolute atomic E-state index is 0.0629. The van der Waals surface area contributed by atoms with Crippen molar-refractivity contribution in [2.75, 3.05) is 7.11 Å². The van der Waals surface area contributed by atoms with Gasteiger partial charge < -0.3 is 15.0 Å². The summed E-state index contributed by atoms with van der Waals surface area (Å²) in [4.78, 5) is 41.8. The molecule has 0 bridgehead atoms. The highest BCUT2D eigenvalue weighted by Gasteiger charge is 2.42. The molecule has 7 nitrogen and oxygen atoms in total. The molecule has 1 amide bonds. The minimum atomic E-state index is -0.721. The van der Waals surface area contributed by atoms with Gasteiger partial charge in [0.05, 0.1) is 18.9 Å². The molecule has 2 saturated carbocycles. The van der Waals surface area contributed by atoms with Gasteiger partial charge in [0.25, 0.3) is 0 Å². The van der Waals surface area contributed by atoms with Crippen molar-refractivity contribution in [3.63, 3.8) is 0 Å². The van der Waals surface area contributed by atoms with Crippen LogP contribution < -0.4 is 10.1 Å². The second-order valence-corrected chi connectivity index (χ2v) is 10.3. The molecule has 1 heterocycles. The molecule has 1 aromatic carbocycles. The first-order valence-corrected chi connectivity index (χ1v) is 12.2. The van der Waals surface area contributed by atoms with E-state index in [1.165, 1.54) is 0 Å². The fraction of sp³-hybridized carbons (Fsp3) is 0.556. The van der Waals surface area contributed by atoms with E-state index in [9.17, 15) is 19.6 Å². The maximum atomic E-state index is 13.3. The first kappa shape index (κ1) is 24.0. The number of hydrogen-bond donors (Lipinski definition) is 2. The summed E-state index contributed by atoms with van der Waals surface area (Å²) < 4.78 is 5.39. The van der Waals surface area contributed by atoms with Crippen molar-refractivity contribution in [1.82, 2.24) is 10.3 Å². The van der Waals surface area contributed by atoms with E-state index in [0.29, 0.717) is 30.7 Å². The second kappa shape index (κ2) is 10.0. The molecule has 3 atom stereocenters. The number of nitrogens with one attached hydrogen (secondary N) is 2. The number of nitriles is 1. The number of ketones is 2. The van der Waals surface area contributed by atoms with Gasteiger partial charge in [-0.15, -0.1) is 0 Å². The Balaban J connectivity index is 1.46. The van der Waals surface area contributed by atoms with Gasteiger partial charge in [0.15, 0.2) is 5.78 Å². The maximum absolute atomic E-state index is 13.3. The number of methoxy groups -OCH3 is 1. The van der Waals surface area contributed by atoms with Crippen LogP contribution in [0.5, 0.6) is 5.75 Å². The summed E-state index contributed by atoms with van der Waals surface area (Å²) in [6, 6.07) is 8.79. The number of hydrogen-bond acceptors (Lipinski definition) is 5. The molecule has 4 rings (SSSR count). The summed E-state index contributed by atoms with van der Waals surface area (Å²) in [5.41, 5.74) is 1.32. The quantitative estimate of drug-likeness (QED) is 0.496. The van der Waals surface area contributed by atoms with E-state index in [1.807, 2.05) is 18.2 Å². The molecule has 2 aliphatic rings. The highest BCUT2D eigenvalue weighted by Crippen LogP contribution is 2.50. The van der Waals surface area contributed by atoms with E-state index < -0.39 is 12.0 Å². The standard InChI is InChI=1S/C27H33N3O4/c1-27(10-11-27)15-18(26(33)29-19(16-28)12-17-6-3-4-8-23(17)31)13-24(32)22-14-20-21(30-22)7-5-9-25(20)34-2/h5,7,9,14,17-19,30H,3-4,6,8,10-13,15H2,1-2H3,(H,29,33)/t17-,18-,19-/m0/s1. The van der Waals surface area contributed by atoms with Crippen LogP contribution in [-0.2, 0) is 9.59 Å². The Morgan fingerprint density at radius 1 is 1.32 bits per heavy atom. The third-order valence-electron chi connectivity index (χ3n) is 7.46. The van der Waals surface area contributed by atoms with E-state index in [1.54, 1.807) is 13.2 Å². The molecule has 1 aromatic heterocycles. The lowest BCUT2D eigenvalue weighted by molar-refractivity contribution is -0.128. The second-order valence-electron chi connectivity index (χ2n) is 10.3. The number of aromatic amines is 1. The normalized spacial score (nSPS) is 20.9. The number of H-pyrrole nitrogens is 1. The molecule has 7 heteroatoms. The number of ether oxygens (including phenoxy) is 1. The molecule has 2 fully saturated rings. The van der Waals surface area contributed by atoms with Gasteiger partial charge in [0.2, 0.25) is 5.91 Å². The number of amides is 1. The lowest BCUT2D eigenvalue weighted by atomic mass is 9.83. The van der Waals surface area contributed by atoms with Gasteiger partial charge in [0.1, 0.15) is 17.6 Å². The largest absolute Gasteiger partial charge is 0.496 e. The Kier molecular flexibility index (Phi) is 7.06. The fourth-order valence-electron chi connectivity index (χ4n) is 5.08. The van der Waals surface area contributed by atoms with Crippen molar-refractivity contribution in [3.8, 4) is 11.8 Å². The Bertz CT molecular complexity index is 1120. The average Bonchev–Trinajstić information content (AvgIpc) is 3.38. The third kappa shape index (κ3) is 5.49. The Morgan fingerprint density at radius 3 is 2.79 bits per heavy atom. The lowest BCUT2D eigenvalue weighted by Gasteiger charge is -2.25. The summed E-state index contributed by atoms with van der Waals surface area (Å²) in [5, 5.41) is 13.3. The smallest absolute Gasteiger partial charge is 0.224 e. The maximum Gasteiger partial charge on any atom is 0.224 e. The molecule has 2 aromatic rings. The van der Waals surface area contributed by atoms with E-state index >= 15 is 0 Å². The van der Waals surface area contributed by atoms with Crippen LogP contribution in [0.15, 0.2) is 24.3 Å². The SMILES string of the molecule is COc1cccc2[nH]c(C(=O)C[C@@H](CC3(C)CC3)C(=O)N[C@H](C#N)C[C@@H]3CCCCC3=O)cc12. The van der Waals surface area contributed by atoms with Crippen LogP contribution in [0.25, 0.3) is 10.9 Å². The van der Waals surface area contributed by atoms with Gasteiger partial charge in [-0.3, -0.25) is 14.4 Å². The van der Waals surface area contributed by atoms with Crippen LogP contribution >= 0.6 is 0 Å². The highest BCUT2D eigenvalue weighted by atomic mass is 16.5. The Morgan fingerprint density at radius 2 is 2.12 bits per heavy atom. The first-order chi connectivity index (χ1) is 16.3. The Hall–Kier alpha value is -3.14. The van der Waals surface area contributed by atoms with Gasteiger partial charge in [-0.05, 0) is 62.1 Å². The molecule has 0 unspecified atom stereocenters. The van der Waals surface area contributed by atoms with Crippen LogP contribution in [0.4, 0.5) is 0 Å². The summed E-state index contributed by atoms with van der Waals surface area (Å²) >= 11 is 0. The van der Waals surface area contributed by atoms with Crippen LogP contribution in [0, 0.1) is 28.6 Å². The van der Waals surface area contributed by atoms with Gasteiger partial charge in [-0.25, -0.2) is 0 Å². The van der Waals surface area contributed by atoms with Gasteiger partial charge in [-0.2, -0.15) is 5.26 Å². The minimum Gasteiger partial charge on any atom is -0.496 e. The van der Waals surface area contributed by atoms with Crippen LogP contribution in [0.2, 0.25) is 0 Å². The summed E-state index contributed by atoms with van der Waals surface area (Å²) in [7, 11) is 1.59. The van der Waals surface area contributed by atoms with Crippen molar-refractivity contribution in [2.24, 2.45) is 17.3 Å². The number of carbonyl (C=O) groups excluding carboxylic acids is 3. The van der Waals surface area contributed by atoms with E-state index in [-0.39, 0.29) is 35.2 Å². The Labute approximate surface area is 200 Å². The lowest BCUT2D eigenvalue weighted by Crippen LogP contribution is -2.41. The zero-order valence-corrected chi connectivity index (χ0v) is 20.0. The summed E-state index contributed by atoms with van der Waals surface area (Å²) in [6.07, 6.45) is 6.30. The zero-order valence-electron chi connectivity index (χ0n) is 20.0. The topological polar surface area (TPSA) is 112 Å². The van der Waals surface area contributed by atoms with Crippen LogP contribution in [0.3, 0.4) is 0 Å². The zero-order chi connectivity index (χ0) is 24.3. The summed E-state index contributed by atoms with van der Waals surface area (Å²) in [6.45, 7) is 2.13. The molecule has 0 saturated heterocycles. The molecule has 2 N–H and O–H groups in total. The van der Waals surface area contributed by atoms with E-state index in [0.717, 1.165) is 43.0 Å². The number of benzene rings is 1.